The Morgan fingerprint density at radius 1 is 1.03 bits per heavy atom. The van der Waals surface area contributed by atoms with Gasteiger partial charge in [0.2, 0.25) is 0 Å². The molecule has 10 nitrogen and oxygen atoms in total. The number of halogens is 1. The molecular weight excluding hydrogens is 480 g/mol. The molecule has 3 aromatic heterocycles. The van der Waals surface area contributed by atoms with Crippen molar-refractivity contribution in [2.75, 3.05) is 31.2 Å². The number of nitrogens with one attached hydrogen (secondary N) is 2. The summed E-state index contributed by atoms with van der Waals surface area (Å²) in [5, 5.41) is 7.37. The number of nitrogens with zero attached hydrogens (tertiary/aromatic N) is 4. The van der Waals surface area contributed by atoms with Gasteiger partial charge in [-0.05, 0) is 36.4 Å². The average Bonchev–Trinajstić information content (AvgIpc) is 3.64. The lowest BCUT2D eigenvalue weighted by Crippen LogP contribution is -2.42. The van der Waals surface area contributed by atoms with Gasteiger partial charge in [0.15, 0.2) is 16.6 Å². The van der Waals surface area contributed by atoms with E-state index in [1.54, 1.807) is 52.5 Å². The lowest BCUT2D eigenvalue weighted by atomic mass is 10.2. The van der Waals surface area contributed by atoms with Crippen LogP contribution in [0.3, 0.4) is 0 Å². The SMILES string of the molecule is O=C(NNC(=O)c1cc(-c2ccco2)n(-c2ccc(Cl)cc2)n1)c1csc(N2CCOCC2)n1. The number of furan rings is 1. The Balaban J connectivity index is 1.30. The molecule has 0 saturated carbocycles. The van der Waals surface area contributed by atoms with E-state index >= 15 is 0 Å². The highest BCUT2D eigenvalue weighted by molar-refractivity contribution is 7.13. The fourth-order valence-electron chi connectivity index (χ4n) is 3.38. The first-order chi connectivity index (χ1) is 16.6. The van der Waals surface area contributed by atoms with Crippen molar-refractivity contribution in [3.63, 3.8) is 0 Å². The van der Waals surface area contributed by atoms with E-state index in [0.29, 0.717) is 35.4 Å². The zero-order valence-corrected chi connectivity index (χ0v) is 19.3. The number of hydrazine groups is 1. The summed E-state index contributed by atoms with van der Waals surface area (Å²) in [4.78, 5) is 31.7. The van der Waals surface area contributed by atoms with Crippen molar-refractivity contribution in [1.82, 2.24) is 25.6 Å². The second-order valence-electron chi connectivity index (χ2n) is 7.30. The maximum atomic E-state index is 12.8. The van der Waals surface area contributed by atoms with Gasteiger partial charge in [-0.2, -0.15) is 5.10 Å². The van der Waals surface area contributed by atoms with Crippen LogP contribution >= 0.6 is 22.9 Å². The summed E-state index contributed by atoms with van der Waals surface area (Å²) in [5.41, 5.74) is 6.36. The van der Waals surface area contributed by atoms with E-state index in [2.05, 4.69) is 25.8 Å². The molecule has 1 aromatic carbocycles. The average molecular weight is 499 g/mol. The van der Waals surface area contributed by atoms with E-state index in [-0.39, 0.29) is 11.4 Å². The second kappa shape index (κ2) is 9.67. The summed E-state index contributed by atoms with van der Waals surface area (Å²) >= 11 is 7.36. The van der Waals surface area contributed by atoms with E-state index in [0.717, 1.165) is 18.2 Å². The molecule has 1 aliphatic rings. The molecule has 0 aliphatic carbocycles. The maximum absolute atomic E-state index is 12.8. The summed E-state index contributed by atoms with van der Waals surface area (Å²) in [6.45, 7) is 2.69. The molecule has 0 spiro atoms. The highest BCUT2D eigenvalue weighted by atomic mass is 35.5. The number of carbonyl (C=O) groups is 2. The van der Waals surface area contributed by atoms with Gasteiger partial charge in [0.1, 0.15) is 11.4 Å². The topological polar surface area (TPSA) is 115 Å². The Bertz CT molecular complexity index is 1300. The van der Waals surface area contributed by atoms with Crippen molar-refractivity contribution in [2.45, 2.75) is 0 Å². The van der Waals surface area contributed by atoms with Crippen LogP contribution in [0.4, 0.5) is 5.13 Å². The van der Waals surface area contributed by atoms with E-state index in [4.69, 9.17) is 20.8 Å². The van der Waals surface area contributed by atoms with Crippen LogP contribution in [0.15, 0.2) is 58.5 Å². The number of rotatable bonds is 5. The van der Waals surface area contributed by atoms with Crippen LogP contribution in [0.1, 0.15) is 21.0 Å². The lowest BCUT2D eigenvalue weighted by molar-refractivity contribution is 0.0841. The van der Waals surface area contributed by atoms with Crippen LogP contribution in [0.2, 0.25) is 5.02 Å². The van der Waals surface area contributed by atoms with Crippen molar-refractivity contribution in [3.05, 3.63) is 70.5 Å². The minimum atomic E-state index is -0.586. The first-order valence-corrected chi connectivity index (χ1v) is 11.6. The van der Waals surface area contributed by atoms with Crippen molar-refractivity contribution in [2.24, 2.45) is 0 Å². The third-order valence-corrected chi connectivity index (χ3v) is 6.24. The largest absolute Gasteiger partial charge is 0.463 e. The van der Waals surface area contributed by atoms with E-state index in [1.165, 1.54) is 17.6 Å². The number of amides is 2. The highest BCUT2D eigenvalue weighted by Gasteiger charge is 2.21. The molecule has 12 heteroatoms. The molecule has 4 aromatic rings. The minimum absolute atomic E-state index is 0.0916. The van der Waals surface area contributed by atoms with Gasteiger partial charge in [-0.15, -0.1) is 11.3 Å². The van der Waals surface area contributed by atoms with Gasteiger partial charge in [-0.1, -0.05) is 11.6 Å². The van der Waals surface area contributed by atoms with Crippen LogP contribution in [0.5, 0.6) is 0 Å². The number of hydrogen-bond donors (Lipinski definition) is 2. The van der Waals surface area contributed by atoms with Gasteiger partial charge in [-0.25, -0.2) is 9.67 Å². The monoisotopic (exact) mass is 498 g/mol. The summed E-state index contributed by atoms with van der Waals surface area (Å²) in [5.74, 6) is -0.575. The summed E-state index contributed by atoms with van der Waals surface area (Å²) in [6.07, 6.45) is 1.54. The molecule has 1 aliphatic heterocycles. The first-order valence-electron chi connectivity index (χ1n) is 10.4. The lowest BCUT2D eigenvalue weighted by Gasteiger charge is -2.25. The van der Waals surface area contributed by atoms with Gasteiger partial charge in [-0.3, -0.25) is 20.4 Å². The predicted octanol–water partition coefficient (Wildman–Crippen LogP) is 3.15. The number of morpholine rings is 1. The van der Waals surface area contributed by atoms with E-state index in [9.17, 15) is 9.59 Å². The fourth-order valence-corrected chi connectivity index (χ4v) is 4.37. The zero-order chi connectivity index (χ0) is 23.5. The molecule has 0 unspecified atom stereocenters. The van der Waals surface area contributed by atoms with Crippen LogP contribution in [0, 0.1) is 0 Å². The molecule has 1 saturated heterocycles. The zero-order valence-electron chi connectivity index (χ0n) is 17.7. The molecule has 0 atom stereocenters. The van der Waals surface area contributed by atoms with Crippen molar-refractivity contribution in [1.29, 1.82) is 0 Å². The summed E-state index contributed by atoms with van der Waals surface area (Å²) < 4.78 is 12.4. The smallest absolute Gasteiger partial charge is 0.290 e. The number of carbonyl (C=O) groups excluding carboxylic acids is 2. The Hall–Kier alpha value is -3.67. The number of thiazole rings is 1. The number of ether oxygens (including phenoxy) is 1. The van der Waals surface area contributed by atoms with Crippen LogP contribution in [-0.2, 0) is 4.74 Å². The molecule has 34 heavy (non-hydrogen) atoms. The number of aromatic nitrogens is 3. The number of anilines is 1. The van der Waals surface area contributed by atoms with Crippen molar-refractivity contribution in [3.8, 4) is 17.1 Å². The molecule has 1 fully saturated rings. The van der Waals surface area contributed by atoms with Crippen LogP contribution < -0.4 is 15.8 Å². The highest BCUT2D eigenvalue weighted by Crippen LogP contribution is 2.25. The van der Waals surface area contributed by atoms with Gasteiger partial charge in [0, 0.05) is 29.6 Å². The third-order valence-electron chi connectivity index (χ3n) is 5.08. The molecule has 174 valence electrons. The fraction of sp³-hybridized carbons (Fsp3) is 0.182. The Morgan fingerprint density at radius 2 is 1.76 bits per heavy atom. The predicted molar refractivity (Wildman–Crippen MR) is 126 cm³/mol. The van der Waals surface area contributed by atoms with Crippen molar-refractivity contribution < 1.29 is 18.7 Å². The second-order valence-corrected chi connectivity index (χ2v) is 8.58. The van der Waals surface area contributed by atoms with Crippen molar-refractivity contribution >= 4 is 39.9 Å². The Morgan fingerprint density at radius 3 is 2.47 bits per heavy atom. The Kier molecular flexibility index (Phi) is 6.30. The summed E-state index contributed by atoms with van der Waals surface area (Å²) in [6, 6.07) is 12.1. The van der Waals surface area contributed by atoms with Crippen LogP contribution in [-0.4, -0.2) is 52.9 Å². The molecular formula is C22H19ClN6O4S. The maximum Gasteiger partial charge on any atom is 0.290 e. The molecule has 2 amide bonds. The molecule has 5 rings (SSSR count). The summed E-state index contributed by atoms with van der Waals surface area (Å²) in [7, 11) is 0. The van der Waals surface area contributed by atoms with Gasteiger partial charge < -0.3 is 14.1 Å². The molecule has 0 radical (unpaired) electrons. The van der Waals surface area contributed by atoms with E-state index in [1.807, 2.05) is 0 Å². The van der Waals surface area contributed by atoms with Gasteiger partial charge in [0.05, 0.1) is 25.2 Å². The quantitative estimate of drug-likeness (QED) is 0.406. The van der Waals surface area contributed by atoms with E-state index < -0.39 is 11.8 Å². The molecule has 4 heterocycles. The molecule has 0 bridgehead atoms. The number of benzene rings is 1. The van der Waals surface area contributed by atoms with Gasteiger partial charge in [0.25, 0.3) is 11.8 Å². The standard InChI is InChI=1S/C22H19ClN6O4S/c23-14-3-5-15(6-4-14)29-18(19-2-1-9-33-19)12-16(27-29)20(30)25-26-21(31)17-13-34-22(24-17)28-7-10-32-11-8-28/h1-6,9,12-13H,7-8,10-11H2,(H,25,30)(H,26,31). The first kappa shape index (κ1) is 22.1. The number of hydrogen-bond acceptors (Lipinski definition) is 8. The van der Waals surface area contributed by atoms with Gasteiger partial charge >= 0.3 is 0 Å². The van der Waals surface area contributed by atoms with Crippen LogP contribution in [0.25, 0.3) is 17.1 Å². The molecule has 2 N–H and O–H groups in total. The normalized spacial score (nSPS) is 13.6. The third kappa shape index (κ3) is 4.67. The minimum Gasteiger partial charge on any atom is -0.463 e. The Labute approximate surface area is 203 Å².